The van der Waals surface area contributed by atoms with E-state index in [0.29, 0.717) is 19.4 Å². The van der Waals surface area contributed by atoms with Crippen molar-refractivity contribution in [2.75, 3.05) is 13.7 Å². The van der Waals surface area contributed by atoms with Gasteiger partial charge in [-0.2, -0.15) is 0 Å². The fourth-order valence-corrected chi connectivity index (χ4v) is 5.14. The summed E-state index contributed by atoms with van der Waals surface area (Å²) in [6.45, 7) is 2.19. The van der Waals surface area contributed by atoms with Crippen molar-refractivity contribution < 1.29 is 23.8 Å². The average molecular weight is 457 g/mol. The lowest BCUT2D eigenvalue weighted by atomic mass is 9.92. The Morgan fingerprint density at radius 1 is 1.00 bits per heavy atom. The maximum Gasteiger partial charge on any atom is 0.305 e. The Labute approximate surface area is 199 Å². The molecule has 0 amide bonds. The summed E-state index contributed by atoms with van der Waals surface area (Å²) in [5, 5.41) is 0. The number of hydrogen-bond acceptors (Lipinski definition) is 5. The first-order chi connectivity index (χ1) is 16.5. The van der Waals surface area contributed by atoms with E-state index in [4.69, 9.17) is 14.2 Å². The number of hydrogen-bond donors (Lipinski definition) is 0. The smallest absolute Gasteiger partial charge is 0.305 e. The van der Waals surface area contributed by atoms with Gasteiger partial charge in [0.1, 0.15) is 17.6 Å². The zero-order valence-corrected chi connectivity index (χ0v) is 19.5. The van der Waals surface area contributed by atoms with Crippen molar-refractivity contribution in [1.82, 2.24) is 0 Å². The molecule has 1 heterocycles. The summed E-state index contributed by atoms with van der Waals surface area (Å²) < 4.78 is 17.1. The van der Waals surface area contributed by atoms with E-state index < -0.39 is 0 Å². The number of carbonyl (C=O) groups is 2. The van der Waals surface area contributed by atoms with E-state index in [1.54, 1.807) is 6.92 Å². The number of rotatable bonds is 7. The van der Waals surface area contributed by atoms with Gasteiger partial charge in [-0.25, -0.2) is 0 Å². The van der Waals surface area contributed by atoms with Gasteiger partial charge in [-0.1, -0.05) is 48.5 Å². The molecule has 0 N–H and O–H groups in total. The van der Waals surface area contributed by atoms with Crippen LogP contribution in [0.1, 0.15) is 65.3 Å². The predicted octanol–water partition coefficient (Wildman–Crippen LogP) is 6.05. The summed E-state index contributed by atoms with van der Waals surface area (Å²) in [5.74, 6) is 1.68. The molecule has 2 aliphatic rings. The lowest BCUT2D eigenvalue weighted by Crippen LogP contribution is -2.06. The highest BCUT2D eigenvalue weighted by molar-refractivity contribution is 6.01. The van der Waals surface area contributed by atoms with Crippen LogP contribution in [0.2, 0.25) is 0 Å². The third kappa shape index (κ3) is 4.18. The van der Waals surface area contributed by atoms with Gasteiger partial charge in [0.15, 0.2) is 5.78 Å². The van der Waals surface area contributed by atoms with Gasteiger partial charge in [-0.15, -0.1) is 0 Å². The Hall–Kier alpha value is -3.60. The van der Waals surface area contributed by atoms with Crippen molar-refractivity contribution >= 4 is 11.8 Å². The number of carbonyl (C=O) groups excluding carboxylic acids is 2. The van der Waals surface area contributed by atoms with Gasteiger partial charge in [-0.05, 0) is 54.5 Å². The molecule has 2 atom stereocenters. The van der Waals surface area contributed by atoms with Crippen molar-refractivity contribution in [1.29, 1.82) is 0 Å². The van der Waals surface area contributed by atoms with Crippen molar-refractivity contribution in [3.8, 4) is 22.6 Å². The van der Waals surface area contributed by atoms with E-state index in [1.165, 1.54) is 18.2 Å². The topological polar surface area (TPSA) is 61.8 Å². The van der Waals surface area contributed by atoms with E-state index >= 15 is 0 Å². The van der Waals surface area contributed by atoms with Crippen molar-refractivity contribution in [3.05, 3.63) is 82.9 Å². The number of ether oxygens (including phenoxy) is 3. The predicted molar refractivity (Wildman–Crippen MR) is 130 cm³/mol. The summed E-state index contributed by atoms with van der Waals surface area (Å²) >= 11 is 0. The van der Waals surface area contributed by atoms with Crippen molar-refractivity contribution in [2.45, 2.75) is 44.6 Å². The first kappa shape index (κ1) is 22.2. The number of Topliss-reactive ketones (excluding diaryl/α,β-unsaturated/α-hetero) is 1. The molecule has 5 nitrogen and oxygen atoms in total. The quantitative estimate of drug-likeness (QED) is 0.320. The van der Waals surface area contributed by atoms with E-state index in [2.05, 4.69) is 18.2 Å². The van der Waals surface area contributed by atoms with Crippen LogP contribution in [0.4, 0.5) is 0 Å². The summed E-state index contributed by atoms with van der Waals surface area (Å²) in [6.07, 6.45) is 2.83. The van der Waals surface area contributed by atoms with Gasteiger partial charge in [0.2, 0.25) is 0 Å². The highest BCUT2D eigenvalue weighted by Gasteiger charge is 2.29. The standard InChI is InChI=1S/C29H28O5/c1-18(30)21-6-3-4-7-23(21)24-8-5-9-26-25(24)13-14-27(26)34-20-11-12-22-19(10-15-29(31)32-2)17-33-28(22)16-20/h3-9,11-12,16,19,27H,10,13-15,17H2,1-2H3. The number of benzene rings is 3. The molecule has 1 aliphatic heterocycles. The molecule has 0 saturated carbocycles. The van der Waals surface area contributed by atoms with Gasteiger partial charge in [0.05, 0.1) is 13.7 Å². The molecule has 174 valence electrons. The van der Waals surface area contributed by atoms with Crippen LogP contribution in [0.25, 0.3) is 11.1 Å². The molecule has 3 aromatic rings. The summed E-state index contributed by atoms with van der Waals surface area (Å²) in [7, 11) is 1.41. The van der Waals surface area contributed by atoms with Gasteiger partial charge >= 0.3 is 5.97 Å². The minimum Gasteiger partial charge on any atom is -0.493 e. The first-order valence-corrected chi connectivity index (χ1v) is 11.8. The molecule has 1 aliphatic carbocycles. The van der Waals surface area contributed by atoms with Crippen LogP contribution < -0.4 is 9.47 Å². The Morgan fingerprint density at radius 2 is 1.82 bits per heavy atom. The van der Waals surface area contributed by atoms with Crippen LogP contribution in [-0.4, -0.2) is 25.5 Å². The van der Waals surface area contributed by atoms with E-state index in [0.717, 1.165) is 46.6 Å². The number of ketones is 1. The number of fused-ring (bicyclic) bond motifs is 2. The van der Waals surface area contributed by atoms with E-state index in [1.807, 2.05) is 42.5 Å². The molecule has 0 radical (unpaired) electrons. The van der Waals surface area contributed by atoms with Crippen LogP contribution in [0.3, 0.4) is 0 Å². The molecule has 0 aromatic heterocycles. The maximum absolute atomic E-state index is 12.2. The van der Waals surface area contributed by atoms with Gasteiger partial charge in [0, 0.05) is 29.5 Å². The molecular weight excluding hydrogens is 428 g/mol. The Bertz CT molecular complexity index is 1250. The van der Waals surface area contributed by atoms with Crippen LogP contribution in [0.5, 0.6) is 11.5 Å². The Balaban J connectivity index is 1.36. The molecule has 0 saturated heterocycles. The van der Waals surface area contributed by atoms with Crippen molar-refractivity contribution in [3.63, 3.8) is 0 Å². The average Bonchev–Trinajstić information content (AvgIpc) is 3.46. The molecule has 5 heteroatoms. The van der Waals surface area contributed by atoms with Gasteiger partial charge in [0.25, 0.3) is 0 Å². The van der Waals surface area contributed by atoms with Crippen LogP contribution in [-0.2, 0) is 16.0 Å². The van der Waals surface area contributed by atoms with E-state index in [-0.39, 0.29) is 23.8 Å². The number of methoxy groups -OCH3 is 1. The SMILES string of the molecule is COC(=O)CCC1COc2cc(OC3CCc4c(-c5ccccc5C(C)=O)cccc43)ccc21. The van der Waals surface area contributed by atoms with Crippen LogP contribution >= 0.6 is 0 Å². The molecular formula is C29H28O5. The number of esters is 1. The molecule has 0 spiro atoms. The summed E-state index contributed by atoms with van der Waals surface area (Å²) in [6, 6.07) is 20.1. The molecule has 34 heavy (non-hydrogen) atoms. The molecule has 5 rings (SSSR count). The third-order valence-corrected chi connectivity index (χ3v) is 6.88. The highest BCUT2D eigenvalue weighted by Crippen LogP contribution is 2.43. The molecule has 3 aromatic carbocycles. The second-order valence-corrected chi connectivity index (χ2v) is 8.94. The van der Waals surface area contributed by atoms with Crippen molar-refractivity contribution in [2.24, 2.45) is 0 Å². The second-order valence-electron chi connectivity index (χ2n) is 8.94. The maximum atomic E-state index is 12.2. The Morgan fingerprint density at radius 3 is 2.65 bits per heavy atom. The third-order valence-electron chi connectivity index (χ3n) is 6.88. The van der Waals surface area contributed by atoms with Gasteiger partial charge < -0.3 is 14.2 Å². The first-order valence-electron chi connectivity index (χ1n) is 11.8. The second kappa shape index (κ2) is 9.34. The van der Waals surface area contributed by atoms with Crippen LogP contribution in [0.15, 0.2) is 60.7 Å². The molecule has 0 bridgehead atoms. The summed E-state index contributed by atoms with van der Waals surface area (Å²) in [4.78, 5) is 23.7. The normalized spacial score (nSPS) is 18.1. The molecule has 2 unspecified atom stereocenters. The Kier molecular flexibility index (Phi) is 6.10. The molecule has 0 fully saturated rings. The largest absolute Gasteiger partial charge is 0.493 e. The van der Waals surface area contributed by atoms with Gasteiger partial charge in [-0.3, -0.25) is 9.59 Å². The monoisotopic (exact) mass is 456 g/mol. The lowest BCUT2D eigenvalue weighted by molar-refractivity contribution is -0.140. The zero-order chi connectivity index (χ0) is 23.7. The lowest BCUT2D eigenvalue weighted by Gasteiger charge is -2.17. The fourth-order valence-electron chi connectivity index (χ4n) is 5.14. The minimum atomic E-state index is -0.196. The minimum absolute atomic E-state index is 0.0472. The van der Waals surface area contributed by atoms with Crippen LogP contribution in [0, 0.1) is 0 Å². The van der Waals surface area contributed by atoms with E-state index in [9.17, 15) is 9.59 Å². The highest BCUT2D eigenvalue weighted by atomic mass is 16.5. The fraction of sp³-hybridized carbons (Fsp3) is 0.310. The summed E-state index contributed by atoms with van der Waals surface area (Å²) in [5.41, 5.74) is 6.38. The zero-order valence-electron chi connectivity index (χ0n) is 19.5.